The fourth-order valence-corrected chi connectivity index (χ4v) is 7.00. The molecule has 3 aromatic carbocycles. The summed E-state index contributed by atoms with van der Waals surface area (Å²) < 4.78 is 11.2. The van der Waals surface area contributed by atoms with Gasteiger partial charge in [-0.1, -0.05) is 120 Å². The zero-order valence-electron chi connectivity index (χ0n) is 33.5. The highest BCUT2D eigenvalue weighted by Gasteiger charge is 2.30. The highest BCUT2D eigenvalue weighted by atomic mass is 32.1. The second-order valence-corrected chi connectivity index (χ2v) is 16.3. The van der Waals surface area contributed by atoms with E-state index >= 15 is 0 Å². The van der Waals surface area contributed by atoms with Crippen LogP contribution in [0.3, 0.4) is 0 Å². The minimum absolute atomic E-state index is 0.0375. The highest BCUT2D eigenvalue weighted by molar-refractivity contribution is 7.14. The van der Waals surface area contributed by atoms with Gasteiger partial charge in [-0.15, -0.1) is 11.3 Å². The van der Waals surface area contributed by atoms with Gasteiger partial charge in [0.15, 0.2) is 5.82 Å². The first kappa shape index (κ1) is 43.2. The summed E-state index contributed by atoms with van der Waals surface area (Å²) in [5.74, 6) is -2.08. The second kappa shape index (κ2) is 21.0. The van der Waals surface area contributed by atoms with E-state index in [1.165, 1.54) is 37.0 Å². The average molecular weight is 805 g/mol. The molecule has 0 saturated heterocycles. The van der Waals surface area contributed by atoms with Crippen molar-refractivity contribution in [3.05, 3.63) is 124 Å². The Labute approximate surface area is 344 Å². The summed E-state index contributed by atoms with van der Waals surface area (Å²) in [4.78, 5) is 62.6. The average Bonchev–Trinajstić information content (AvgIpc) is 3.74. The molecule has 0 fully saturated rings. The number of nitrogens with one attached hydrogen (secondary N) is 2. The minimum Gasteiger partial charge on any atom is -0.494 e. The fraction of sp³-hybridized carbons (Fsp3) is 0.348. The molecule has 3 N–H and O–H groups in total. The molecule has 0 aliphatic heterocycles. The quantitative estimate of drug-likeness (QED) is 0.0518. The highest BCUT2D eigenvalue weighted by Crippen LogP contribution is 2.30. The topological polar surface area (TPSA) is 157 Å². The normalized spacial score (nSPS) is 12.3. The molecule has 5 rings (SSSR count). The number of aliphatic carboxylic acids is 1. The zero-order chi connectivity index (χ0) is 41.5. The van der Waals surface area contributed by atoms with Gasteiger partial charge < -0.3 is 25.2 Å². The van der Waals surface area contributed by atoms with Crippen LogP contribution in [-0.4, -0.2) is 57.5 Å². The first-order valence-corrected chi connectivity index (χ1v) is 20.5. The van der Waals surface area contributed by atoms with Crippen molar-refractivity contribution >= 4 is 35.1 Å². The number of benzene rings is 3. The molecule has 0 aliphatic rings. The molecule has 0 spiro atoms. The molecule has 11 nitrogen and oxygen atoms in total. The van der Waals surface area contributed by atoms with Crippen LogP contribution < -0.4 is 15.4 Å². The van der Waals surface area contributed by atoms with Crippen LogP contribution in [0, 0.1) is 0 Å². The number of unbranched alkanes of at least 4 members (excludes halogenated alkanes) is 4. The van der Waals surface area contributed by atoms with E-state index in [1.807, 2.05) is 69.3 Å². The van der Waals surface area contributed by atoms with Crippen molar-refractivity contribution in [2.45, 2.75) is 96.7 Å². The van der Waals surface area contributed by atoms with Crippen molar-refractivity contribution in [2.24, 2.45) is 0 Å². The Balaban J connectivity index is 1.24. The van der Waals surface area contributed by atoms with Crippen LogP contribution in [0.1, 0.15) is 91.9 Å². The summed E-state index contributed by atoms with van der Waals surface area (Å²) in [6, 6.07) is 25.0. The van der Waals surface area contributed by atoms with E-state index in [1.54, 1.807) is 54.9 Å². The van der Waals surface area contributed by atoms with Crippen molar-refractivity contribution in [1.29, 1.82) is 0 Å². The smallest absolute Gasteiger partial charge is 0.326 e. The molecule has 0 aliphatic carbocycles. The number of hydrogen-bond acceptors (Lipinski definition) is 9. The maximum Gasteiger partial charge on any atom is 0.326 e. The van der Waals surface area contributed by atoms with Crippen LogP contribution in [0.15, 0.2) is 103 Å². The molecule has 2 heterocycles. The van der Waals surface area contributed by atoms with Gasteiger partial charge in [-0.3, -0.25) is 14.4 Å². The van der Waals surface area contributed by atoms with E-state index in [-0.39, 0.29) is 18.4 Å². The number of carboxylic acids is 1. The van der Waals surface area contributed by atoms with Gasteiger partial charge in [-0.05, 0) is 52.8 Å². The van der Waals surface area contributed by atoms with Gasteiger partial charge in [0, 0.05) is 34.8 Å². The number of carbonyl (C=O) groups is 4. The van der Waals surface area contributed by atoms with E-state index in [9.17, 15) is 24.3 Å². The lowest BCUT2D eigenvalue weighted by Gasteiger charge is -2.21. The summed E-state index contributed by atoms with van der Waals surface area (Å²) >= 11 is 1.33. The number of hydrogen-bond donors (Lipinski definition) is 3. The van der Waals surface area contributed by atoms with Crippen LogP contribution in [-0.2, 0) is 37.6 Å². The van der Waals surface area contributed by atoms with E-state index in [4.69, 9.17) is 9.47 Å². The van der Waals surface area contributed by atoms with Crippen molar-refractivity contribution in [3.8, 4) is 28.3 Å². The van der Waals surface area contributed by atoms with Crippen LogP contribution in [0.25, 0.3) is 22.5 Å². The number of carbonyl (C=O) groups excluding carboxylic acids is 3. The molecule has 5 aromatic rings. The number of ether oxygens (including phenoxy) is 2. The molecule has 0 saturated carbocycles. The van der Waals surface area contributed by atoms with Crippen LogP contribution in [0.4, 0.5) is 0 Å². The van der Waals surface area contributed by atoms with E-state index in [0.717, 1.165) is 39.3 Å². The molecule has 2 aromatic heterocycles. The molecule has 2 amide bonds. The van der Waals surface area contributed by atoms with Gasteiger partial charge in [0.25, 0.3) is 5.91 Å². The Hall–Kier alpha value is -5.88. The summed E-state index contributed by atoms with van der Waals surface area (Å²) in [5, 5.41) is 15.2. The first-order chi connectivity index (χ1) is 27.9. The molecule has 0 bridgehead atoms. The van der Waals surface area contributed by atoms with Crippen LogP contribution in [0.2, 0.25) is 0 Å². The summed E-state index contributed by atoms with van der Waals surface area (Å²) in [6.45, 7) is 9.00. The van der Waals surface area contributed by atoms with Gasteiger partial charge in [0.2, 0.25) is 5.91 Å². The predicted octanol–water partition coefficient (Wildman–Crippen LogP) is 8.56. The summed E-state index contributed by atoms with van der Waals surface area (Å²) in [5.41, 5.74) is 3.83. The summed E-state index contributed by atoms with van der Waals surface area (Å²) in [7, 11) is 0. The Morgan fingerprint density at radius 3 is 2.05 bits per heavy atom. The van der Waals surface area contributed by atoms with Crippen molar-refractivity contribution in [2.75, 3.05) is 6.61 Å². The molecule has 0 radical (unpaired) electrons. The van der Waals surface area contributed by atoms with Gasteiger partial charge in [0.05, 0.1) is 17.9 Å². The van der Waals surface area contributed by atoms with E-state index in [0.29, 0.717) is 22.9 Å². The maximum absolute atomic E-state index is 13.7. The minimum atomic E-state index is -1.58. The number of aromatic nitrogens is 2. The number of nitrogens with zero attached hydrogens (tertiary/aromatic N) is 2. The molecule has 2 atom stereocenters. The third-order valence-corrected chi connectivity index (χ3v) is 10.9. The van der Waals surface area contributed by atoms with Crippen molar-refractivity contribution < 1.29 is 33.8 Å². The fourth-order valence-electron chi connectivity index (χ4n) is 6.03. The van der Waals surface area contributed by atoms with Crippen molar-refractivity contribution in [3.63, 3.8) is 0 Å². The van der Waals surface area contributed by atoms with Gasteiger partial charge in [-0.2, -0.15) is 0 Å². The van der Waals surface area contributed by atoms with Gasteiger partial charge in [-0.25, -0.2) is 14.8 Å². The zero-order valence-corrected chi connectivity index (χ0v) is 34.3. The lowest BCUT2D eigenvalue weighted by molar-refractivity contribution is -0.151. The van der Waals surface area contributed by atoms with Crippen LogP contribution in [0.5, 0.6) is 5.75 Å². The Morgan fingerprint density at radius 1 is 0.741 bits per heavy atom. The molecular weight excluding hydrogens is 753 g/mol. The van der Waals surface area contributed by atoms with Crippen molar-refractivity contribution in [1.82, 2.24) is 20.6 Å². The number of thiophene rings is 1. The number of esters is 1. The third-order valence-electron chi connectivity index (χ3n) is 9.43. The van der Waals surface area contributed by atoms with E-state index in [2.05, 4.69) is 27.5 Å². The molecule has 58 heavy (non-hydrogen) atoms. The predicted molar refractivity (Wildman–Crippen MR) is 226 cm³/mol. The molecule has 304 valence electrons. The van der Waals surface area contributed by atoms with E-state index < -0.39 is 42.3 Å². The molecule has 0 unspecified atom stereocenters. The summed E-state index contributed by atoms with van der Waals surface area (Å²) in [6.07, 6.45) is 8.91. The van der Waals surface area contributed by atoms with Gasteiger partial charge >= 0.3 is 11.9 Å². The maximum atomic E-state index is 13.7. The Morgan fingerprint density at radius 2 is 1.41 bits per heavy atom. The SMILES string of the molecule is CCCCCCCOc1ccc(-c2cnc(-c3ccc(C[C@H](NC(=O)c4ccc(C(C)(C)C)s4)C(=O)N[C@@H](CC(=O)OCc4ccccc4)C(=O)O)cc3)nc2)cc1. The van der Waals surface area contributed by atoms with Gasteiger partial charge in [0.1, 0.15) is 24.4 Å². The largest absolute Gasteiger partial charge is 0.494 e. The number of rotatable bonds is 20. The molecule has 12 heteroatoms. The molecular formula is C46H52N4O7S. The Kier molecular flexibility index (Phi) is 15.7. The number of amides is 2. The Bertz CT molecular complexity index is 2100. The van der Waals surface area contributed by atoms with Crippen LogP contribution >= 0.6 is 11.3 Å². The lowest BCUT2D eigenvalue weighted by Crippen LogP contribution is -2.53. The third kappa shape index (κ3) is 13.1. The first-order valence-electron chi connectivity index (χ1n) is 19.7. The second-order valence-electron chi connectivity index (χ2n) is 15.2. The standard InChI is InChI=1S/C46H52N4O7S/c1-5-6-7-8-12-25-56-36-21-19-33(20-22-36)35-28-47-42(48-29-35)34-17-15-31(16-18-34)26-37(49-44(53)39-23-24-40(58-39)46(2,3)4)43(52)50-38(45(54)55)27-41(51)57-30-32-13-10-9-11-14-32/h9-11,13-24,28-29,37-38H,5-8,12,25-27,30H2,1-4H3,(H,49,53)(H,50,52)(H,54,55)/t37-,38-/m0/s1. The lowest BCUT2D eigenvalue weighted by atomic mass is 9.95. The number of carboxylic acid groups (broad SMARTS) is 1. The monoisotopic (exact) mass is 804 g/mol.